The number of amides is 1. The second kappa shape index (κ2) is 5.74. The SMILES string of the molecule is O=C(NCc1cccc2cccnc12)[C@@H]1[C@H](C(=O)O)[C@H]2C=C[C@H]1C2. The number of nitrogens with one attached hydrogen (secondary N) is 1. The van der Waals surface area contributed by atoms with Gasteiger partial charge in [0.25, 0.3) is 0 Å². The molecule has 122 valence electrons. The Labute approximate surface area is 139 Å². The highest BCUT2D eigenvalue weighted by Crippen LogP contribution is 2.48. The summed E-state index contributed by atoms with van der Waals surface area (Å²) in [6.45, 7) is 0.358. The summed E-state index contributed by atoms with van der Waals surface area (Å²) in [5.74, 6) is -2.10. The number of carbonyl (C=O) groups is 2. The Morgan fingerprint density at radius 2 is 1.88 bits per heavy atom. The minimum absolute atomic E-state index is 0.0116. The minimum atomic E-state index is -0.876. The van der Waals surface area contributed by atoms with Crippen molar-refractivity contribution in [2.75, 3.05) is 0 Å². The molecule has 24 heavy (non-hydrogen) atoms. The Morgan fingerprint density at radius 1 is 1.12 bits per heavy atom. The first-order valence-electron chi connectivity index (χ1n) is 8.16. The molecular weight excluding hydrogens is 304 g/mol. The largest absolute Gasteiger partial charge is 0.481 e. The zero-order chi connectivity index (χ0) is 16.7. The van der Waals surface area contributed by atoms with Crippen LogP contribution in [-0.2, 0) is 16.1 Å². The van der Waals surface area contributed by atoms with Crippen LogP contribution in [0.25, 0.3) is 10.9 Å². The van der Waals surface area contributed by atoms with Gasteiger partial charge < -0.3 is 10.4 Å². The van der Waals surface area contributed by atoms with Gasteiger partial charge in [0.2, 0.25) is 5.91 Å². The van der Waals surface area contributed by atoms with Crippen LogP contribution in [0.1, 0.15) is 12.0 Å². The molecule has 2 bridgehead atoms. The number of nitrogens with zero attached hydrogens (tertiary/aromatic N) is 1. The number of allylic oxidation sites excluding steroid dienone is 2. The monoisotopic (exact) mass is 322 g/mol. The summed E-state index contributed by atoms with van der Waals surface area (Å²) in [5, 5.41) is 13.4. The fourth-order valence-electron chi connectivity index (χ4n) is 4.13. The molecule has 4 atom stereocenters. The van der Waals surface area contributed by atoms with E-state index in [1.54, 1.807) is 6.20 Å². The van der Waals surface area contributed by atoms with E-state index in [0.29, 0.717) is 6.54 Å². The number of aromatic nitrogens is 1. The molecule has 2 aromatic rings. The molecule has 0 saturated heterocycles. The van der Waals surface area contributed by atoms with E-state index in [1.165, 1.54) is 0 Å². The highest BCUT2D eigenvalue weighted by atomic mass is 16.4. The van der Waals surface area contributed by atoms with Crippen molar-refractivity contribution in [3.05, 3.63) is 54.2 Å². The van der Waals surface area contributed by atoms with Gasteiger partial charge in [-0.15, -0.1) is 0 Å². The Balaban J connectivity index is 1.52. The molecule has 5 nitrogen and oxygen atoms in total. The molecule has 0 unspecified atom stereocenters. The summed E-state index contributed by atoms with van der Waals surface area (Å²) in [6.07, 6.45) is 6.44. The Hall–Kier alpha value is -2.69. The van der Waals surface area contributed by atoms with Gasteiger partial charge in [-0.1, -0.05) is 36.4 Å². The van der Waals surface area contributed by atoms with E-state index in [9.17, 15) is 14.7 Å². The molecule has 5 heteroatoms. The predicted molar refractivity (Wildman–Crippen MR) is 88.9 cm³/mol. The summed E-state index contributed by atoms with van der Waals surface area (Å²) in [5.41, 5.74) is 1.80. The van der Waals surface area contributed by atoms with Crippen molar-refractivity contribution in [2.24, 2.45) is 23.7 Å². The van der Waals surface area contributed by atoms with Crippen LogP contribution in [0.4, 0.5) is 0 Å². The molecule has 1 aromatic carbocycles. The van der Waals surface area contributed by atoms with Crippen molar-refractivity contribution in [3.63, 3.8) is 0 Å². The van der Waals surface area contributed by atoms with Crippen LogP contribution < -0.4 is 5.32 Å². The number of carboxylic acids is 1. The van der Waals surface area contributed by atoms with Crippen LogP contribution in [0.15, 0.2) is 48.7 Å². The lowest BCUT2D eigenvalue weighted by molar-refractivity contribution is -0.147. The lowest BCUT2D eigenvalue weighted by atomic mass is 9.82. The topological polar surface area (TPSA) is 79.3 Å². The van der Waals surface area contributed by atoms with E-state index in [1.807, 2.05) is 42.5 Å². The maximum absolute atomic E-state index is 12.6. The fraction of sp³-hybridized carbons (Fsp3) is 0.316. The van der Waals surface area contributed by atoms with Crippen molar-refractivity contribution in [1.29, 1.82) is 0 Å². The number of aliphatic carboxylic acids is 1. The van der Waals surface area contributed by atoms with Crippen LogP contribution in [-0.4, -0.2) is 22.0 Å². The lowest BCUT2D eigenvalue weighted by Gasteiger charge is -2.24. The number of pyridine rings is 1. The highest BCUT2D eigenvalue weighted by molar-refractivity contribution is 5.87. The van der Waals surface area contributed by atoms with Crippen molar-refractivity contribution in [2.45, 2.75) is 13.0 Å². The number of fused-ring (bicyclic) bond motifs is 3. The summed E-state index contributed by atoms with van der Waals surface area (Å²) in [4.78, 5) is 28.5. The molecule has 2 aliphatic carbocycles. The molecule has 0 radical (unpaired) electrons. The molecule has 0 aliphatic heterocycles. The molecule has 1 heterocycles. The summed E-state index contributed by atoms with van der Waals surface area (Å²) < 4.78 is 0. The maximum Gasteiger partial charge on any atom is 0.307 e. The van der Waals surface area contributed by atoms with E-state index in [0.717, 1.165) is 22.9 Å². The van der Waals surface area contributed by atoms with Crippen LogP contribution >= 0.6 is 0 Å². The molecular formula is C19H18N2O3. The Kier molecular flexibility index (Phi) is 3.56. The summed E-state index contributed by atoms with van der Waals surface area (Å²) in [6, 6.07) is 9.71. The smallest absolute Gasteiger partial charge is 0.307 e. The number of benzene rings is 1. The van der Waals surface area contributed by atoms with Crippen molar-refractivity contribution in [3.8, 4) is 0 Å². The van der Waals surface area contributed by atoms with Gasteiger partial charge in [-0.25, -0.2) is 0 Å². The van der Waals surface area contributed by atoms with Crippen molar-refractivity contribution < 1.29 is 14.7 Å². The van der Waals surface area contributed by atoms with E-state index in [4.69, 9.17) is 0 Å². The third kappa shape index (κ3) is 2.37. The van der Waals surface area contributed by atoms with Crippen molar-refractivity contribution >= 4 is 22.8 Å². The normalized spacial score (nSPS) is 27.5. The molecule has 2 N–H and O–H groups in total. The number of carboxylic acid groups (broad SMARTS) is 1. The van der Waals surface area contributed by atoms with Gasteiger partial charge in [0, 0.05) is 18.1 Å². The van der Waals surface area contributed by atoms with Crippen LogP contribution in [0.3, 0.4) is 0 Å². The van der Waals surface area contributed by atoms with E-state index in [2.05, 4.69) is 10.3 Å². The number of carbonyl (C=O) groups excluding carboxylic acids is 1. The van der Waals surface area contributed by atoms with Gasteiger partial charge in [-0.05, 0) is 29.9 Å². The maximum atomic E-state index is 12.6. The standard InChI is InChI=1S/C19H18N2O3/c22-18(15-12-6-7-13(9-12)16(15)19(23)24)21-10-14-4-1-3-11-5-2-8-20-17(11)14/h1-8,12-13,15-16H,9-10H2,(H,21,22)(H,23,24)/t12-,13-,15-,16+/m0/s1. The van der Waals surface area contributed by atoms with Gasteiger partial charge in [-0.3, -0.25) is 14.6 Å². The van der Waals surface area contributed by atoms with Crippen LogP contribution in [0.5, 0.6) is 0 Å². The summed E-state index contributed by atoms with van der Waals surface area (Å²) in [7, 11) is 0. The van der Waals surface area contributed by atoms with Gasteiger partial charge >= 0.3 is 5.97 Å². The first kappa shape index (κ1) is 14.9. The Bertz CT molecular complexity index is 840. The zero-order valence-electron chi connectivity index (χ0n) is 13.1. The average Bonchev–Trinajstić information content (AvgIpc) is 3.20. The second-order valence-electron chi connectivity index (χ2n) is 6.55. The molecule has 1 aromatic heterocycles. The van der Waals surface area contributed by atoms with Gasteiger partial charge in [0.15, 0.2) is 0 Å². The molecule has 1 fully saturated rings. The van der Waals surface area contributed by atoms with E-state index < -0.39 is 17.8 Å². The number of hydrogen-bond donors (Lipinski definition) is 2. The number of hydrogen-bond acceptors (Lipinski definition) is 3. The van der Waals surface area contributed by atoms with E-state index >= 15 is 0 Å². The quantitative estimate of drug-likeness (QED) is 0.847. The molecule has 0 spiro atoms. The number of rotatable bonds is 4. The first-order valence-corrected chi connectivity index (χ1v) is 8.16. The third-order valence-electron chi connectivity index (χ3n) is 5.22. The highest BCUT2D eigenvalue weighted by Gasteiger charge is 2.51. The molecule has 2 aliphatic rings. The van der Waals surface area contributed by atoms with Gasteiger partial charge in [0.05, 0.1) is 17.4 Å². The third-order valence-corrected chi connectivity index (χ3v) is 5.22. The van der Waals surface area contributed by atoms with Crippen molar-refractivity contribution in [1.82, 2.24) is 10.3 Å². The summed E-state index contributed by atoms with van der Waals surface area (Å²) >= 11 is 0. The first-order chi connectivity index (χ1) is 11.6. The molecule has 4 rings (SSSR count). The average molecular weight is 322 g/mol. The van der Waals surface area contributed by atoms with E-state index in [-0.39, 0.29) is 17.7 Å². The molecule has 1 amide bonds. The van der Waals surface area contributed by atoms with Gasteiger partial charge in [-0.2, -0.15) is 0 Å². The predicted octanol–water partition coefficient (Wildman–Crippen LogP) is 2.37. The minimum Gasteiger partial charge on any atom is -0.481 e. The fourth-order valence-corrected chi connectivity index (χ4v) is 4.13. The number of para-hydroxylation sites is 1. The van der Waals surface area contributed by atoms with Gasteiger partial charge in [0.1, 0.15) is 0 Å². The Morgan fingerprint density at radius 3 is 2.67 bits per heavy atom. The van der Waals surface area contributed by atoms with Crippen LogP contribution in [0.2, 0.25) is 0 Å². The molecule has 1 saturated carbocycles. The van der Waals surface area contributed by atoms with Crippen LogP contribution in [0, 0.1) is 23.7 Å². The zero-order valence-corrected chi connectivity index (χ0v) is 13.1. The lowest BCUT2D eigenvalue weighted by Crippen LogP contribution is -2.39. The second-order valence-corrected chi connectivity index (χ2v) is 6.55.